The van der Waals surface area contributed by atoms with Crippen LogP contribution in [0.2, 0.25) is 5.02 Å². The van der Waals surface area contributed by atoms with Gasteiger partial charge in [0.1, 0.15) is 17.3 Å². The van der Waals surface area contributed by atoms with Crippen molar-refractivity contribution in [1.29, 1.82) is 0 Å². The highest BCUT2D eigenvalue weighted by Gasteiger charge is 2.32. The lowest BCUT2D eigenvalue weighted by Gasteiger charge is -2.10. The van der Waals surface area contributed by atoms with Crippen LogP contribution in [0.5, 0.6) is 0 Å². The number of nitrogens with zero attached hydrogens (tertiary/aromatic N) is 3. The Hall–Kier alpha value is -3.39. The van der Waals surface area contributed by atoms with Gasteiger partial charge >= 0.3 is 6.18 Å². The number of halogens is 4. The molecule has 0 aliphatic carbocycles. The van der Waals surface area contributed by atoms with Crippen molar-refractivity contribution >= 4 is 23.1 Å². The summed E-state index contributed by atoms with van der Waals surface area (Å²) in [4.78, 5) is 16.2. The van der Waals surface area contributed by atoms with E-state index >= 15 is 0 Å². The number of anilines is 2. The molecule has 29 heavy (non-hydrogen) atoms. The van der Waals surface area contributed by atoms with Crippen molar-refractivity contribution in [3.8, 4) is 33.9 Å². The van der Waals surface area contributed by atoms with Crippen molar-refractivity contribution in [3.63, 3.8) is 0 Å². The highest BCUT2D eigenvalue weighted by molar-refractivity contribution is 6.33. The maximum Gasteiger partial charge on any atom is 0.416 e. The second kappa shape index (κ2) is 6.31. The molecule has 4 aromatic rings. The number of hydrogen-bond donors (Lipinski definition) is 2. The fourth-order valence-corrected chi connectivity index (χ4v) is 3.52. The van der Waals surface area contributed by atoms with E-state index in [1.807, 2.05) is 6.07 Å². The molecule has 144 valence electrons. The van der Waals surface area contributed by atoms with Gasteiger partial charge in [0.2, 0.25) is 0 Å². The molecule has 3 aromatic heterocycles. The van der Waals surface area contributed by atoms with Gasteiger partial charge in [-0.15, -0.1) is 0 Å². The number of aromatic amines is 1. The Bertz CT molecular complexity index is 1190. The number of nitrogens with one attached hydrogen (secondary N) is 2. The minimum absolute atomic E-state index is 0.168. The van der Waals surface area contributed by atoms with Gasteiger partial charge in [0, 0.05) is 29.1 Å². The van der Waals surface area contributed by atoms with Gasteiger partial charge in [-0.3, -0.25) is 4.98 Å². The van der Waals surface area contributed by atoms with Gasteiger partial charge in [0.05, 0.1) is 28.2 Å². The molecular weight excluding hydrogens is 403 g/mol. The fourth-order valence-electron chi connectivity index (χ4n) is 3.31. The molecule has 9 heteroatoms. The van der Waals surface area contributed by atoms with Crippen molar-refractivity contribution < 1.29 is 13.2 Å². The molecule has 0 spiro atoms. The maximum atomic E-state index is 13.2. The molecular formula is C20H11ClF3N5. The van der Waals surface area contributed by atoms with Crippen molar-refractivity contribution in [2.75, 3.05) is 5.32 Å². The zero-order valence-electron chi connectivity index (χ0n) is 14.5. The van der Waals surface area contributed by atoms with Crippen molar-refractivity contribution in [3.05, 3.63) is 65.6 Å². The maximum absolute atomic E-state index is 13.2. The summed E-state index contributed by atoms with van der Waals surface area (Å²) in [5.74, 6) is 0.819. The summed E-state index contributed by atoms with van der Waals surface area (Å²) in [6.07, 6.45) is 0.442. The van der Waals surface area contributed by atoms with E-state index in [9.17, 15) is 13.2 Å². The van der Waals surface area contributed by atoms with Gasteiger partial charge in [0.25, 0.3) is 0 Å². The molecule has 5 nitrogen and oxygen atoms in total. The molecule has 2 N–H and O–H groups in total. The van der Waals surface area contributed by atoms with E-state index in [1.54, 1.807) is 30.7 Å². The highest BCUT2D eigenvalue weighted by Crippen LogP contribution is 2.44. The van der Waals surface area contributed by atoms with Crippen LogP contribution in [0.4, 0.5) is 24.7 Å². The molecule has 5 rings (SSSR count). The third-order valence-electron chi connectivity index (χ3n) is 4.66. The number of pyridine rings is 2. The SMILES string of the molecule is FC(F)(F)c1ccc(Cl)c(-c2nc3c([nH]2)-c2ccncc2Nc2ncccc2-3)c1. The van der Waals surface area contributed by atoms with Crippen LogP contribution in [0, 0.1) is 0 Å². The van der Waals surface area contributed by atoms with Crippen LogP contribution >= 0.6 is 11.6 Å². The molecule has 0 atom stereocenters. The van der Waals surface area contributed by atoms with Gasteiger partial charge in [-0.05, 0) is 36.4 Å². The minimum atomic E-state index is -4.48. The minimum Gasteiger partial charge on any atom is -0.338 e. The van der Waals surface area contributed by atoms with Gasteiger partial charge in [-0.25, -0.2) is 9.97 Å². The Labute approximate surface area is 167 Å². The normalized spacial score (nSPS) is 12.4. The first-order valence-corrected chi connectivity index (χ1v) is 8.93. The van der Waals surface area contributed by atoms with Gasteiger partial charge in [-0.2, -0.15) is 13.2 Å². The lowest BCUT2D eigenvalue weighted by molar-refractivity contribution is -0.137. The average Bonchev–Trinajstić information content (AvgIpc) is 3.08. The van der Waals surface area contributed by atoms with E-state index in [0.29, 0.717) is 28.5 Å². The number of hydrogen-bond acceptors (Lipinski definition) is 4. The van der Waals surface area contributed by atoms with E-state index in [2.05, 4.69) is 25.3 Å². The first kappa shape index (κ1) is 17.7. The number of fused-ring (bicyclic) bond motifs is 5. The Morgan fingerprint density at radius 2 is 1.83 bits per heavy atom. The van der Waals surface area contributed by atoms with Gasteiger partial charge in [0.15, 0.2) is 0 Å². The van der Waals surface area contributed by atoms with Crippen molar-refractivity contribution in [2.24, 2.45) is 0 Å². The summed E-state index contributed by atoms with van der Waals surface area (Å²) >= 11 is 6.22. The molecule has 0 fully saturated rings. The number of benzene rings is 1. The molecule has 1 aliphatic rings. The summed E-state index contributed by atoms with van der Waals surface area (Å²) in [5, 5.41) is 3.40. The second-order valence-electron chi connectivity index (χ2n) is 6.45. The van der Waals surface area contributed by atoms with Gasteiger partial charge < -0.3 is 10.3 Å². The van der Waals surface area contributed by atoms with Crippen LogP contribution in [0.25, 0.3) is 33.9 Å². The molecule has 0 saturated heterocycles. The second-order valence-corrected chi connectivity index (χ2v) is 6.85. The summed E-state index contributed by atoms with van der Waals surface area (Å²) in [5.41, 5.74) is 2.77. The first-order valence-electron chi connectivity index (χ1n) is 8.56. The van der Waals surface area contributed by atoms with E-state index in [1.165, 1.54) is 6.07 Å². The zero-order chi connectivity index (χ0) is 20.2. The molecule has 0 saturated carbocycles. The van der Waals surface area contributed by atoms with E-state index in [0.717, 1.165) is 17.7 Å². The fraction of sp³-hybridized carbons (Fsp3) is 0.0500. The Morgan fingerprint density at radius 1 is 0.966 bits per heavy atom. The highest BCUT2D eigenvalue weighted by atomic mass is 35.5. The molecule has 0 bridgehead atoms. The average molecular weight is 414 g/mol. The Kier molecular flexibility index (Phi) is 3.85. The number of imidazole rings is 1. The summed E-state index contributed by atoms with van der Waals surface area (Å²) in [6.45, 7) is 0. The third-order valence-corrected chi connectivity index (χ3v) is 4.99. The molecule has 0 radical (unpaired) electrons. The smallest absolute Gasteiger partial charge is 0.338 e. The molecule has 1 aromatic carbocycles. The largest absolute Gasteiger partial charge is 0.416 e. The quantitative estimate of drug-likeness (QED) is 0.357. The Morgan fingerprint density at radius 3 is 2.66 bits per heavy atom. The van der Waals surface area contributed by atoms with Gasteiger partial charge in [-0.1, -0.05) is 11.6 Å². The third kappa shape index (κ3) is 2.92. The number of H-pyrrole nitrogens is 1. The summed E-state index contributed by atoms with van der Waals surface area (Å²) < 4.78 is 39.6. The predicted octanol–water partition coefficient (Wildman–Crippen LogP) is 5.93. The summed E-state index contributed by atoms with van der Waals surface area (Å²) in [6, 6.07) is 8.57. The lowest BCUT2D eigenvalue weighted by Crippen LogP contribution is -2.05. The van der Waals surface area contributed by atoms with Crippen LogP contribution in [-0.4, -0.2) is 19.9 Å². The number of aromatic nitrogens is 4. The van der Waals surface area contributed by atoms with Crippen LogP contribution in [-0.2, 0) is 6.18 Å². The summed E-state index contributed by atoms with van der Waals surface area (Å²) in [7, 11) is 0. The first-order chi connectivity index (χ1) is 13.9. The number of alkyl halides is 3. The van der Waals surface area contributed by atoms with E-state index in [4.69, 9.17) is 11.6 Å². The molecule has 0 amide bonds. The molecule has 0 unspecified atom stereocenters. The predicted molar refractivity (Wildman–Crippen MR) is 104 cm³/mol. The lowest BCUT2D eigenvalue weighted by atomic mass is 10.1. The van der Waals surface area contributed by atoms with Crippen LogP contribution in [0.15, 0.2) is 55.0 Å². The molecule has 4 heterocycles. The van der Waals surface area contributed by atoms with Crippen molar-refractivity contribution in [2.45, 2.75) is 6.18 Å². The molecule has 1 aliphatic heterocycles. The topological polar surface area (TPSA) is 66.5 Å². The van der Waals surface area contributed by atoms with Crippen molar-refractivity contribution in [1.82, 2.24) is 19.9 Å². The van der Waals surface area contributed by atoms with Crippen LogP contribution in [0.1, 0.15) is 5.56 Å². The van der Waals surface area contributed by atoms with Crippen LogP contribution in [0.3, 0.4) is 0 Å². The monoisotopic (exact) mass is 413 g/mol. The standard InChI is InChI=1S/C20H11ClF3N5/c21-14-4-3-10(20(22,23)24)8-13(14)19-28-16-11-5-7-25-9-15(11)27-18-12(17(16)29-19)2-1-6-26-18/h1-9H,(H,26,27)(H,28,29). The van der Waals surface area contributed by atoms with E-state index in [-0.39, 0.29) is 16.4 Å². The Balaban J connectivity index is 1.77. The van der Waals surface area contributed by atoms with Crippen LogP contribution < -0.4 is 5.32 Å². The van der Waals surface area contributed by atoms with E-state index < -0.39 is 11.7 Å². The zero-order valence-corrected chi connectivity index (χ0v) is 15.3. The number of rotatable bonds is 1.